The van der Waals surface area contributed by atoms with Gasteiger partial charge in [0.2, 0.25) is 0 Å². The van der Waals surface area contributed by atoms with Crippen molar-refractivity contribution in [2.75, 3.05) is 59.9 Å². The highest BCUT2D eigenvalue weighted by Crippen LogP contribution is 2.21. The van der Waals surface area contributed by atoms with E-state index in [9.17, 15) is 4.39 Å². The maximum atomic E-state index is 13.9. The maximum absolute atomic E-state index is 13.9. The summed E-state index contributed by atoms with van der Waals surface area (Å²) in [6, 6.07) is 0. The summed E-state index contributed by atoms with van der Waals surface area (Å²) in [5.74, 6) is 0.264. The molecule has 2 aliphatic heterocycles. The van der Waals surface area contributed by atoms with Gasteiger partial charge in [0.15, 0.2) is 0 Å². The Morgan fingerprint density at radius 2 is 1.69 bits per heavy atom. The van der Waals surface area contributed by atoms with Crippen molar-refractivity contribution < 1.29 is 4.39 Å². The van der Waals surface area contributed by atoms with E-state index in [2.05, 4.69) is 21.7 Å². The van der Waals surface area contributed by atoms with Crippen molar-refractivity contribution in [1.29, 1.82) is 0 Å². The Morgan fingerprint density at radius 3 is 2.31 bits per heavy atom. The number of hydrogen-bond acceptors (Lipinski definition) is 3. The van der Waals surface area contributed by atoms with Gasteiger partial charge in [0.1, 0.15) is 6.17 Å². The molecule has 2 atom stereocenters. The van der Waals surface area contributed by atoms with Gasteiger partial charge in [0, 0.05) is 45.2 Å². The second-order valence-electron chi connectivity index (χ2n) is 5.43. The lowest BCUT2D eigenvalue weighted by Gasteiger charge is -2.38. The minimum absolute atomic E-state index is 0.264. The van der Waals surface area contributed by atoms with Crippen molar-refractivity contribution in [2.24, 2.45) is 5.92 Å². The van der Waals surface area contributed by atoms with E-state index in [1.807, 2.05) is 7.05 Å². The normalized spacial score (nSPS) is 35.4. The first-order chi connectivity index (χ1) is 7.65. The molecule has 0 radical (unpaired) electrons. The van der Waals surface area contributed by atoms with E-state index in [4.69, 9.17) is 0 Å². The van der Waals surface area contributed by atoms with Gasteiger partial charge in [-0.2, -0.15) is 0 Å². The predicted molar refractivity (Wildman–Crippen MR) is 64.4 cm³/mol. The van der Waals surface area contributed by atoms with Crippen LogP contribution in [0.1, 0.15) is 6.42 Å². The molecule has 0 amide bonds. The number of likely N-dealkylation sites (N-methyl/N-ethyl adjacent to an activating group) is 1. The van der Waals surface area contributed by atoms with Crippen LogP contribution in [-0.4, -0.2) is 80.8 Å². The van der Waals surface area contributed by atoms with Crippen LogP contribution in [0.5, 0.6) is 0 Å². The Balaban J connectivity index is 1.76. The SMILES string of the molecule is CN1CCN(CC2CCN(C)CC2F)CC1. The zero-order valence-electron chi connectivity index (χ0n) is 10.5. The minimum atomic E-state index is -0.626. The van der Waals surface area contributed by atoms with Crippen LogP contribution in [0, 0.1) is 5.92 Å². The lowest BCUT2D eigenvalue weighted by Crippen LogP contribution is -2.49. The molecule has 0 aliphatic carbocycles. The zero-order valence-corrected chi connectivity index (χ0v) is 10.5. The van der Waals surface area contributed by atoms with E-state index in [1.165, 1.54) is 0 Å². The third-order valence-corrected chi connectivity index (χ3v) is 3.97. The number of rotatable bonds is 2. The monoisotopic (exact) mass is 229 g/mol. The summed E-state index contributed by atoms with van der Waals surface area (Å²) in [6.45, 7) is 7.11. The van der Waals surface area contributed by atoms with Crippen molar-refractivity contribution in [3.8, 4) is 0 Å². The van der Waals surface area contributed by atoms with Gasteiger partial charge in [0.25, 0.3) is 0 Å². The number of alkyl halides is 1. The van der Waals surface area contributed by atoms with E-state index in [1.54, 1.807) is 0 Å². The van der Waals surface area contributed by atoms with Crippen molar-refractivity contribution in [1.82, 2.24) is 14.7 Å². The van der Waals surface area contributed by atoms with Crippen molar-refractivity contribution in [3.05, 3.63) is 0 Å². The van der Waals surface area contributed by atoms with Gasteiger partial charge in [-0.1, -0.05) is 0 Å². The first-order valence-corrected chi connectivity index (χ1v) is 6.38. The van der Waals surface area contributed by atoms with E-state index >= 15 is 0 Å². The van der Waals surface area contributed by atoms with Crippen LogP contribution in [-0.2, 0) is 0 Å². The van der Waals surface area contributed by atoms with Gasteiger partial charge in [-0.15, -0.1) is 0 Å². The molecular weight excluding hydrogens is 205 g/mol. The maximum Gasteiger partial charge on any atom is 0.117 e. The summed E-state index contributed by atoms with van der Waals surface area (Å²) in [5.41, 5.74) is 0. The van der Waals surface area contributed by atoms with Crippen LogP contribution in [0.2, 0.25) is 0 Å². The first kappa shape index (κ1) is 12.3. The van der Waals surface area contributed by atoms with Gasteiger partial charge in [-0.05, 0) is 27.1 Å². The Hall–Kier alpha value is -0.190. The van der Waals surface area contributed by atoms with Gasteiger partial charge in [0.05, 0.1) is 0 Å². The molecule has 4 heteroatoms. The Bertz CT molecular complexity index is 216. The average Bonchev–Trinajstić information content (AvgIpc) is 2.25. The number of halogens is 1. The third-order valence-electron chi connectivity index (χ3n) is 3.97. The predicted octanol–water partition coefficient (Wildman–Crippen LogP) is 0.524. The fraction of sp³-hybridized carbons (Fsp3) is 1.00. The minimum Gasteiger partial charge on any atom is -0.304 e. The van der Waals surface area contributed by atoms with Gasteiger partial charge in [-0.3, -0.25) is 0 Å². The number of nitrogens with zero attached hydrogens (tertiary/aromatic N) is 3. The standard InChI is InChI=1S/C12H24FN3/c1-14-5-7-16(8-6-14)9-11-3-4-15(2)10-12(11)13/h11-12H,3-10H2,1-2H3. The number of piperazine rings is 1. The van der Waals surface area contributed by atoms with Crippen molar-refractivity contribution in [3.63, 3.8) is 0 Å². The molecule has 94 valence electrons. The number of piperidine rings is 1. The van der Waals surface area contributed by atoms with Crippen LogP contribution >= 0.6 is 0 Å². The van der Waals surface area contributed by atoms with Gasteiger partial charge in [-0.25, -0.2) is 4.39 Å². The fourth-order valence-corrected chi connectivity index (χ4v) is 2.67. The van der Waals surface area contributed by atoms with E-state index in [0.29, 0.717) is 6.54 Å². The van der Waals surface area contributed by atoms with Crippen LogP contribution in [0.4, 0.5) is 4.39 Å². The van der Waals surface area contributed by atoms with Crippen molar-refractivity contribution >= 4 is 0 Å². The first-order valence-electron chi connectivity index (χ1n) is 6.38. The number of likely N-dealkylation sites (tertiary alicyclic amines) is 1. The molecule has 3 nitrogen and oxygen atoms in total. The molecule has 0 saturated carbocycles. The summed E-state index contributed by atoms with van der Waals surface area (Å²) in [7, 11) is 4.17. The van der Waals surface area contributed by atoms with Crippen LogP contribution in [0.25, 0.3) is 0 Å². The lowest BCUT2D eigenvalue weighted by atomic mass is 9.94. The highest BCUT2D eigenvalue weighted by Gasteiger charge is 2.29. The van der Waals surface area contributed by atoms with E-state index in [-0.39, 0.29) is 5.92 Å². The van der Waals surface area contributed by atoms with Crippen LogP contribution in [0.15, 0.2) is 0 Å². The van der Waals surface area contributed by atoms with Crippen LogP contribution < -0.4 is 0 Å². The largest absolute Gasteiger partial charge is 0.304 e. The molecule has 0 bridgehead atoms. The molecule has 16 heavy (non-hydrogen) atoms. The molecule has 2 saturated heterocycles. The van der Waals surface area contributed by atoms with E-state index < -0.39 is 6.17 Å². The topological polar surface area (TPSA) is 9.72 Å². The molecule has 2 unspecified atom stereocenters. The number of hydrogen-bond donors (Lipinski definition) is 0. The summed E-state index contributed by atoms with van der Waals surface area (Å²) in [5, 5.41) is 0. The second kappa shape index (κ2) is 5.43. The molecule has 2 rings (SSSR count). The zero-order chi connectivity index (χ0) is 11.5. The molecule has 0 aromatic rings. The quantitative estimate of drug-likeness (QED) is 0.684. The lowest BCUT2D eigenvalue weighted by molar-refractivity contribution is 0.0580. The molecule has 2 heterocycles. The summed E-state index contributed by atoms with van der Waals surface area (Å²) in [6.07, 6.45) is 0.391. The third kappa shape index (κ3) is 3.15. The van der Waals surface area contributed by atoms with Gasteiger partial charge < -0.3 is 14.7 Å². The average molecular weight is 229 g/mol. The van der Waals surface area contributed by atoms with Gasteiger partial charge >= 0.3 is 0 Å². The van der Waals surface area contributed by atoms with Crippen molar-refractivity contribution in [2.45, 2.75) is 12.6 Å². The highest BCUT2D eigenvalue weighted by molar-refractivity contribution is 4.82. The molecule has 0 N–H and O–H groups in total. The summed E-state index contributed by atoms with van der Waals surface area (Å²) < 4.78 is 13.9. The summed E-state index contributed by atoms with van der Waals surface area (Å²) >= 11 is 0. The molecular formula is C12H24FN3. The Labute approximate surface area is 98.2 Å². The second-order valence-corrected chi connectivity index (χ2v) is 5.43. The fourth-order valence-electron chi connectivity index (χ4n) is 2.67. The molecule has 2 fully saturated rings. The van der Waals surface area contributed by atoms with E-state index in [0.717, 1.165) is 45.7 Å². The molecule has 0 aromatic heterocycles. The molecule has 0 aromatic carbocycles. The van der Waals surface area contributed by atoms with Crippen LogP contribution in [0.3, 0.4) is 0 Å². The highest BCUT2D eigenvalue weighted by atomic mass is 19.1. The molecule has 0 spiro atoms. The Morgan fingerprint density at radius 1 is 1.00 bits per heavy atom. The Kier molecular flexibility index (Phi) is 4.16. The smallest absolute Gasteiger partial charge is 0.117 e. The molecule has 2 aliphatic rings. The summed E-state index contributed by atoms with van der Waals surface area (Å²) in [4.78, 5) is 6.88.